The van der Waals surface area contributed by atoms with Gasteiger partial charge in [0.2, 0.25) is 6.29 Å². The van der Waals surface area contributed by atoms with Crippen LogP contribution in [0, 0.1) is 0 Å². The lowest BCUT2D eigenvalue weighted by molar-refractivity contribution is -0.231. The van der Waals surface area contributed by atoms with Crippen molar-refractivity contribution in [1.82, 2.24) is 0 Å². The van der Waals surface area contributed by atoms with E-state index in [1.807, 2.05) is 0 Å². The van der Waals surface area contributed by atoms with Crippen LogP contribution >= 0.6 is 22.6 Å². The van der Waals surface area contributed by atoms with Crippen molar-refractivity contribution >= 4 is 36.9 Å². The number of esters is 1. The molecule has 1 aliphatic heterocycles. The SMILES string of the molecule is CC(=O)O[C@H]1O[C@@H](C)[C@H](O)[C@@H](O[Si](C)(C)C(C)(C)C)[C@@H]1I. The van der Waals surface area contributed by atoms with E-state index in [1.165, 1.54) is 6.92 Å². The van der Waals surface area contributed by atoms with Gasteiger partial charge in [0.25, 0.3) is 0 Å². The van der Waals surface area contributed by atoms with E-state index < -0.39 is 38.9 Å². The van der Waals surface area contributed by atoms with Gasteiger partial charge in [-0.05, 0) is 25.1 Å². The molecule has 0 aromatic carbocycles. The van der Waals surface area contributed by atoms with Crippen molar-refractivity contribution in [3.63, 3.8) is 0 Å². The molecule has 124 valence electrons. The number of halogens is 1. The molecule has 1 fully saturated rings. The molecule has 0 aliphatic carbocycles. The highest BCUT2D eigenvalue weighted by Crippen LogP contribution is 2.40. The minimum Gasteiger partial charge on any atom is -0.435 e. The summed E-state index contributed by atoms with van der Waals surface area (Å²) < 4.78 is 16.9. The third-order valence-corrected chi connectivity index (χ3v) is 10.0. The molecule has 0 radical (unpaired) electrons. The summed E-state index contributed by atoms with van der Waals surface area (Å²) >= 11 is 2.14. The van der Waals surface area contributed by atoms with Crippen molar-refractivity contribution in [2.75, 3.05) is 0 Å². The van der Waals surface area contributed by atoms with Crippen LogP contribution < -0.4 is 0 Å². The molecule has 1 aliphatic rings. The average molecular weight is 430 g/mol. The monoisotopic (exact) mass is 430 g/mol. The standard InChI is InChI=1S/C14H27IO5Si/c1-8-11(17)12(20-21(6,7)14(3,4)5)10(15)13(18-8)19-9(2)16/h8,10-13,17H,1-7H3/t8-,10-,11-,12-,13+/m0/s1. The van der Waals surface area contributed by atoms with Crippen LogP contribution in [0.3, 0.4) is 0 Å². The Kier molecular flexibility index (Phi) is 6.28. The molecule has 0 aromatic heterocycles. The number of aliphatic hydroxyl groups is 1. The summed E-state index contributed by atoms with van der Waals surface area (Å²) in [7, 11) is -2.04. The summed E-state index contributed by atoms with van der Waals surface area (Å²) in [5, 5.41) is 10.5. The fourth-order valence-electron chi connectivity index (χ4n) is 1.89. The summed E-state index contributed by atoms with van der Waals surface area (Å²) in [6.45, 7) is 13.9. The van der Waals surface area contributed by atoms with Crippen LogP contribution in [0.25, 0.3) is 0 Å². The highest BCUT2D eigenvalue weighted by molar-refractivity contribution is 14.1. The molecular weight excluding hydrogens is 403 g/mol. The van der Waals surface area contributed by atoms with E-state index in [0.29, 0.717) is 0 Å². The van der Waals surface area contributed by atoms with Gasteiger partial charge >= 0.3 is 5.97 Å². The maximum atomic E-state index is 11.2. The smallest absolute Gasteiger partial charge is 0.304 e. The van der Waals surface area contributed by atoms with Crippen molar-refractivity contribution in [1.29, 1.82) is 0 Å². The van der Waals surface area contributed by atoms with Gasteiger partial charge in [0.15, 0.2) is 8.32 Å². The molecular formula is C14H27IO5Si. The Hall–Kier alpha value is 0.297. The molecule has 0 spiro atoms. The third-order valence-electron chi connectivity index (χ3n) is 4.26. The average Bonchev–Trinajstić information content (AvgIpc) is 2.29. The zero-order chi connectivity index (χ0) is 16.6. The summed E-state index contributed by atoms with van der Waals surface area (Å²) in [6, 6.07) is 0. The van der Waals surface area contributed by atoms with Crippen molar-refractivity contribution in [3.8, 4) is 0 Å². The minimum absolute atomic E-state index is 0.0432. The van der Waals surface area contributed by atoms with Gasteiger partial charge in [-0.3, -0.25) is 4.79 Å². The predicted octanol–water partition coefficient (Wildman–Crippen LogP) is 2.85. The largest absolute Gasteiger partial charge is 0.435 e. The second kappa shape index (κ2) is 6.82. The van der Waals surface area contributed by atoms with Gasteiger partial charge in [0, 0.05) is 6.92 Å². The zero-order valence-corrected chi connectivity index (χ0v) is 17.0. The van der Waals surface area contributed by atoms with Crippen LogP contribution in [0.2, 0.25) is 18.1 Å². The number of aliphatic hydroxyl groups excluding tert-OH is 1. The summed E-state index contributed by atoms with van der Waals surface area (Å²) in [5.41, 5.74) is 0. The second-order valence-electron chi connectivity index (χ2n) is 7.10. The van der Waals surface area contributed by atoms with Crippen molar-refractivity contribution in [2.45, 2.75) is 81.3 Å². The minimum atomic E-state index is -2.04. The molecule has 5 atom stereocenters. The highest BCUT2D eigenvalue weighted by atomic mass is 127. The van der Waals surface area contributed by atoms with Crippen LogP contribution in [0.5, 0.6) is 0 Å². The topological polar surface area (TPSA) is 65.0 Å². The molecule has 1 heterocycles. The second-order valence-corrected chi connectivity index (χ2v) is 13.3. The van der Waals surface area contributed by atoms with E-state index in [4.69, 9.17) is 13.9 Å². The van der Waals surface area contributed by atoms with Crippen LogP contribution in [-0.2, 0) is 18.7 Å². The first kappa shape index (κ1) is 19.3. The van der Waals surface area contributed by atoms with E-state index in [1.54, 1.807) is 6.92 Å². The quantitative estimate of drug-likeness (QED) is 0.323. The maximum Gasteiger partial charge on any atom is 0.304 e. The summed E-state index contributed by atoms with van der Waals surface area (Å²) in [6.07, 6.45) is -2.25. The van der Waals surface area contributed by atoms with Crippen LogP contribution in [-0.4, -0.2) is 47.9 Å². The molecule has 0 amide bonds. The Bertz CT molecular complexity index is 382. The van der Waals surface area contributed by atoms with E-state index in [-0.39, 0.29) is 8.96 Å². The molecule has 0 bridgehead atoms. The molecule has 21 heavy (non-hydrogen) atoms. The number of hydrogen-bond donors (Lipinski definition) is 1. The van der Waals surface area contributed by atoms with Gasteiger partial charge in [-0.1, -0.05) is 43.4 Å². The molecule has 1 rings (SSSR count). The molecule has 1 N–H and O–H groups in total. The van der Waals surface area contributed by atoms with Gasteiger partial charge in [0.1, 0.15) is 10.0 Å². The van der Waals surface area contributed by atoms with E-state index in [2.05, 4.69) is 56.5 Å². The first-order valence-electron chi connectivity index (χ1n) is 7.19. The van der Waals surface area contributed by atoms with Gasteiger partial charge in [-0.15, -0.1) is 0 Å². The number of carbonyl (C=O) groups excluding carboxylic acids is 1. The predicted molar refractivity (Wildman–Crippen MR) is 92.0 cm³/mol. The van der Waals surface area contributed by atoms with Crippen LogP contribution in [0.15, 0.2) is 0 Å². The van der Waals surface area contributed by atoms with Gasteiger partial charge in [0.05, 0.1) is 12.2 Å². The molecule has 7 heteroatoms. The Balaban J connectivity index is 2.94. The van der Waals surface area contributed by atoms with Crippen molar-refractivity contribution in [2.24, 2.45) is 0 Å². The first-order valence-corrected chi connectivity index (χ1v) is 11.3. The fraction of sp³-hybridized carbons (Fsp3) is 0.929. The van der Waals surface area contributed by atoms with Crippen molar-refractivity contribution in [3.05, 3.63) is 0 Å². The van der Waals surface area contributed by atoms with E-state index in [9.17, 15) is 9.90 Å². The Morgan fingerprint density at radius 1 is 1.33 bits per heavy atom. The number of alkyl halides is 1. The number of carbonyl (C=O) groups is 1. The summed E-state index contributed by atoms with van der Waals surface area (Å²) in [4.78, 5) is 11.2. The number of ether oxygens (including phenoxy) is 2. The van der Waals surface area contributed by atoms with Crippen LogP contribution in [0.4, 0.5) is 0 Å². The lowest BCUT2D eigenvalue weighted by Crippen LogP contribution is -2.60. The Morgan fingerprint density at radius 3 is 2.29 bits per heavy atom. The highest BCUT2D eigenvalue weighted by Gasteiger charge is 2.49. The Morgan fingerprint density at radius 2 is 1.86 bits per heavy atom. The molecule has 0 aromatic rings. The fourth-order valence-corrected chi connectivity index (χ4v) is 4.37. The maximum absolute atomic E-state index is 11.2. The normalized spacial score (nSPS) is 34.6. The van der Waals surface area contributed by atoms with Gasteiger partial charge < -0.3 is 19.0 Å². The first-order chi connectivity index (χ1) is 9.36. The van der Waals surface area contributed by atoms with E-state index in [0.717, 1.165) is 0 Å². The number of rotatable bonds is 3. The van der Waals surface area contributed by atoms with Crippen LogP contribution in [0.1, 0.15) is 34.6 Å². The lowest BCUT2D eigenvalue weighted by atomic mass is 10.0. The van der Waals surface area contributed by atoms with E-state index >= 15 is 0 Å². The number of hydrogen-bond acceptors (Lipinski definition) is 5. The van der Waals surface area contributed by atoms with Gasteiger partial charge in [-0.25, -0.2) is 0 Å². The third kappa shape index (κ3) is 4.63. The molecule has 5 nitrogen and oxygen atoms in total. The molecule has 0 unspecified atom stereocenters. The molecule has 1 saturated heterocycles. The van der Waals surface area contributed by atoms with Crippen molar-refractivity contribution < 1.29 is 23.8 Å². The van der Waals surface area contributed by atoms with Gasteiger partial charge in [-0.2, -0.15) is 0 Å². The zero-order valence-electron chi connectivity index (χ0n) is 13.8. The lowest BCUT2D eigenvalue weighted by Gasteiger charge is -2.46. The Labute approximate surface area is 142 Å². The molecule has 0 saturated carbocycles. The summed E-state index contributed by atoms with van der Waals surface area (Å²) in [5.74, 6) is -0.392.